The van der Waals surface area contributed by atoms with Crippen LogP contribution in [-0.4, -0.2) is 80.4 Å². The lowest BCUT2D eigenvalue weighted by atomic mass is 10.1. The molecule has 1 fully saturated rings. The van der Waals surface area contributed by atoms with Gasteiger partial charge in [-0.15, -0.1) is 0 Å². The van der Waals surface area contributed by atoms with E-state index in [0.717, 1.165) is 5.75 Å². The van der Waals surface area contributed by atoms with Crippen LogP contribution in [0.1, 0.15) is 20.7 Å². The van der Waals surface area contributed by atoms with E-state index in [9.17, 15) is 9.59 Å². The van der Waals surface area contributed by atoms with Crippen LogP contribution in [0.2, 0.25) is 0 Å². The maximum Gasteiger partial charge on any atom is 0.257 e. The van der Waals surface area contributed by atoms with E-state index in [1.165, 1.54) is 0 Å². The van der Waals surface area contributed by atoms with Gasteiger partial charge in [-0.3, -0.25) is 14.5 Å². The lowest BCUT2D eigenvalue weighted by molar-refractivity contribution is 0.0624. The average molecular weight is 382 g/mol. The highest BCUT2D eigenvalue weighted by Crippen LogP contribution is 2.18. The summed E-state index contributed by atoms with van der Waals surface area (Å²) in [5.74, 6) is 1.46. The fourth-order valence-corrected chi connectivity index (χ4v) is 3.27. The first-order chi connectivity index (χ1) is 13.5. The summed E-state index contributed by atoms with van der Waals surface area (Å²) in [6.45, 7) is 2.88. The van der Waals surface area contributed by atoms with Crippen LogP contribution in [0.4, 0.5) is 5.82 Å². The Hall–Kier alpha value is -2.93. The third kappa shape index (κ3) is 4.48. The van der Waals surface area contributed by atoms with Crippen LogP contribution in [0.15, 0.2) is 42.6 Å². The number of aromatic nitrogens is 1. The number of anilines is 1. The third-order valence-electron chi connectivity index (χ3n) is 4.88. The molecule has 0 aliphatic carbocycles. The van der Waals surface area contributed by atoms with Crippen molar-refractivity contribution in [3.63, 3.8) is 0 Å². The van der Waals surface area contributed by atoms with E-state index in [1.54, 1.807) is 43.6 Å². The Balaban J connectivity index is 1.57. The van der Waals surface area contributed by atoms with Crippen molar-refractivity contribution in [1.29, 1.82) is 0 Å². The number of ether oxygens (including phenoxy) is 1. The van der Waals surface area contributed by atoms with E-state index in [1.807, 2.05) is 30.0 Å². The van der Waals surface area contributed by atoms with Crippen LogP contribution < -0.4 is 9.64 Å². The maximum atomic E-state index is 12.9. The molecule has 0 radical (unpaired) electrons. The molecular weight excluding hydrogens is 356 g/mol. The second-order valence-corrected chi connectivity index (χ2v) is 6.99. The van der Waals surface area contributed by atoms with Crippen molar-refractivity contribution in [2.45, 2.75) is 0 Å². The number of benzene rings is 1. The van der Waals surface area contributed by atoms with E-state index in [-0.39, 0.29) is 11.7 Å². The normalized spacial score (nSPS) is 14.6. The van der Waals surface area contributed by atoms with Crippen LogP contribution in [0.25, 0.3) is 0 Å². The Labute approximate surface area is 165 Å². The summed E-state index contributed by atoms with van der Waals surface area (Å²) in [6.07, 6.45) is 1.69. The van der Waals surface area contributed by atoms with Crippen molar-refractivity contribution in [1.82, 2.24) is 14.8 Å². The topological polar surface area (TPSA) is 66.0 Å². The van der Waals surface area contributed by atoms with Crippen LogP contribution >= 0.6 is 0 Å². The SMILES string of the molecule is COc1ccc(C(=O)CN2CCN(C(=O)c3cccnc3N(C)C)CC2)cc1. The van der Waals surface area contributed by atoms with Crippen molar-refractivity contribution >= 4 is 17.5 Å². The predicted octanol–water partition coefficient (Wildman–Crippen LogP) is 1.80. The van der Waals surface area contributed by atoms with Gasteiger partial charge >= 0.3 is 0 Å². The molecule has 2 aromatic rings. The second kappa shape index (κ2) is 8.84. The molecule has 0 bridgehead atoms. The number of carbonyl (C=O) groups is 2. The highest BCUT2D eigenvalue weighted by molar-refractivity contribution is 5.99. The van der Waals surface area contributed by atoms with Gasteiger partial charge in [-0.1, -0.05) is 0 Å². The fourth-order valence-electron chi connectivity index (χ4n) is 3.27. The molecular formula is C21H26N4O3. The van der Waals surface area contributed by atoms with E-state index < -0.39 is 0 Å². The van der Waals surface area contributed by atoms with Crippen LogP contribution in [-0.2, 0) is 0 Å². The number of ketones is 1. The Kier molecular flexibility index (Phi) is 6.26. The van der Waals surface area contributed by atoms with Crippen molar-refractivity contribution in [3.8, 4) is 5.75 Å². The second-order valence-electron chi connectivity index (χ2n) is 6.99. The van der Waals surface area contributed by atoms with Gasteiger partial charge in [-0.25, -0.2) is 4.98 Å². The molecule has 0 atom stereocenters. The lowest BCUT2D eigenvalue weighted by Crippen LogP contribution is -2.50. The molecule has 0 N–H and O–H groups in total. The van der Waals surface area contributed by atoms with E-state index in [0.29, 0.717) is 49.7 Å². The average Bonchev–Trinajstić information content (AvgIpc) is 2.73. The maximum absolute atomic E-state index is 12.9. The zero-order chi connectivity index (χ0) is 20.1. The van der Waals surface area contributed by atoms with Gasteiger partial charge in [0.2, 0.25) is 0 Å². The fraction of sp³-hybridized carbons (Fsp3) is 0.381. The summed E-state index contributed by atoms with van der Waals surface area (Å²) in [5, 5.41) is 0. The van der Waals surface area contributed by atoms with Gasteiger partial charge in [0.1, 0.15) is 11.6 Å². The number of carbonyl (C=O) groups excluding carboxylic acids is 2. The van der Waals surface area contributed by atoms with Gasteiger partial charge in [-0.2, -0.15) is 0 Å². The molecule has 1 saturated heterocycles. The molecule has 1 aliphatic rings. The summed E-state index contributed by atoms with van der Waals surface area (Å²) in [5.41, 5.74) is 1.28. The van der Waals surface area contributed by atoms with Crippen LogP contribution in [0.5, 0.6) is 5.75 Å². The number of methoxy groups -OCH3 is 1. The highest BCUT2D eigenvalue weighted by atomic mass is 16.5. The van der Waals surface area contributed by atoms with Gasteiger partial charge in [0, 0.05) is 52.0 Å². The molecule has 1 aromatic heterocycles. The highest BCUT2D eigenvalue weighted by Gasteiger charge is 2.25. The summed E-state index contributed by atoms with van der Waals surface area (Å²) >= 11 is 0. The Morgan fingerprint density at radius 3 is 2.36 bits per heavy atom. The summed E-state index contributed by atoms with van der Waals surface area (Å²) in [6, 6.07) is 10.7. The largest absolute Gasteiger partial charge is 0.497 e. The number of rotatable bonds is 6. The first-order valence-corrected chi connectivity index (χ1v) is 9.31. The van der Waals surface area contributed by atoms with Crippen molar-refractivity contribution in [2.24, 2.45) is 0 Å². The number of amides is 1. The molecule has 0 saturated carbocycles. The monoisotopic (exact) mass is 382 g/mol. The third-order valence-corrected chi connectivity index (χ3v) is 4.88. The zero-order valence-electron chi connectivity index (χ0n) is 16.6. The number of hydrogen-bond acceptors (Lipinski definition) is 6. The minimum Gasteiger partial charge on any atom is -0.497 e. The zero-order valence-corrected chi connectivity index (χ0v) is 16.6. The van der Waals surface area contributed by atoms with Crippen molar-refractivity contribution in [2.75, 3.05) is 58.8 Å². The molecule has 0 spiro atoms. The molecule has 28 heavy (non-hydrogen) atoms. The first-order valence-electron chi connectivity index (χ1n) is 9.31. The van der Waals surface area contributed by atoms with Gasteiger partial charge in [0.15, 0.2) is 5.78 Å². The van der Waals surface area contributed by atoms with Crippen molar-refractivity contribution < 1.29 is 14.3 Å². The van der Waals surface area contributed by atoms with Gasteiger partial charge in [0.25, 0.3) is 5.91 Å². The number of hydrogen-bond donors (Lipinski definition) is 0. The molecule has 7 nitrogen and oxygen atoms in total. The van der Waals surface area contributed by atoms with Crippen LogP contribution in [0, 0.1) is 0 Å². The number of nitrogens with zero attached hydrogens (tertiary/aromatic N) is 4. The number of pyridine rings is 1. The minimum absolute atomic E-state index is 0.0158. The number of Topliss-reactive ketones (excluding diaryl/α,β-unsaturated/α-hetero) is 1. The minimum atomic E-state index is -0.0158. The summed E-state index contributed by atoms with van der Waals surface area (Å²) in [7, 11) is 5.36. The van der Waals surface area contributed by atoms with Crippen LogP contribution in [0.3, 0.4) is 0 Å². The molecule has 148 valence electrons. The molecule has 2 heterocycles. The molecule has 1 aliphatic heterocycles. The molecule has 3 rings (SSSR count). The smallest absolute Gasteiger partial charge is 0.257 e. The summed E-state index contributed by atoms with van der Waals surface area (Å²) in [4.78, 5) is 35.5. The van der Waals surface area contributed by atoms with E-state index in [2.05, 4.69) is 9.88 Å². The Morgan fingerprint density at radius 2 is 1.75 bits per heavy atom. The van der Waals surface area contributed by atoms with Gasteiger partial charge < -0.3 is 14.5 Å². The Bertz CT molecular complexity index is 828. The van der Waals surface area contributed by atoms with E-state index >= 15 is 0 Å². The standard InChI is InChI=1S/C21H26N4O3/c1-23(2)20-18(5-4-10-22-20)21(27)25-13-11-24(12-14-25)15-19(26)16-6-8-17(28-3)9-7-16/h4-10H,11-15H2,1-3H3. The van der Waals surface area contributed by atoms with Gasteiger partial charge in [-0.05, 0) is 36.4 Å². The molecule has 0 unspecified atom stereocenters. The molecule has 1 aromatic carbocycles. The van der Waals surface area contributed by atoms with Crippen molar-refractivity contribution in [3.05, 3.63) is 53.7 Å². The first kappa shape index (κ1) is 19.8. The number of piperazine rings is 1. The molecule has 1 amide bonds. The van der Waals surface area contributed by atoms with E-state index in [4.69, 9.17) is 4.74 Å². The van der Waals surface area contributed by atoms with Gasteiger partial charge in [0.05, 0.1) is 19.2 Å². The predicted molar refractivity (Wildman–Crippen MR) is 108 cm³/mol. The molecule has 7 heteroatoms. The Morgan fingerprint density at radius 1 is 1.07 bits per heavy atom. The summed E-state index contributed by atoms with van der Waals surface area (Å²) < 4.78 is 5.13. The lowest BCUT2D eigenvalue weighted by Gasteiger charge is -2.34. The quantitative estimate of drug-likeness (QED) is 0.710.